The molecular weight excluding hydrogens is 572 g/mol. The number of β-lactam (4-membered cyclic amide) rings is 1. The number of fused-ring (bicyclic) bond motifs is 1. The lowest BCUT2D eigenvalue weighted by Crippen LogP contribution is -2.71. The average Bonchev–Trinajstić information content (AvgIpc) is 3.35. The van der Waals surface area contributed by atoms with Crippen LogP contribution >= 0.6 is 23.1 Å². The number of oxime groups is 1. The number of hydrogen-bond donors (Lipinski definition) is 4. The van der Waals surface area contributed by atoms with E-state index in [1.807, 2.05) is 0 Å². The number of ether oxygens (including phenoxy) is 1. The molecule has 2 atom stereocenters. The van der Waals surface area contributed by atoms with Gasteiger partial charge in [-0.15, -0.1) is 23.1 Å². The molecule has 1 saturated heterocycles. The monoisotopic (exact) mass is 596 g/mol. The highest BCUT2D eigenvalue weighted by atomic mass is 32.2. The predicted octanol–water partition coefficient (Wildman–Crippen LogP) is -0.0262. The number of methoxy groups -OCH3 is 1. The molecule has 5 N–H and O–H groups in total. The summed E-state index contributed by atoms with van der Waals surface area (Å²) in [5.74, 6) is -2.12. The van der Waals surface area contributed by atoms with E-state index in [4.69, 9.17) is 15.3 Å². The molecule has 17 heteroatoms. The van der Waals surface area contributed by atoms with Gasteiger partial charge in [0, 0.05) is 17.6 Å². The van der Waals surface area contributed by atoms with Crippen LogP contribution in [0.3, 0.4) is 0 Å². The molecule has 0 saturated carbocycles. The molecule has 2 aromatic rings. The Labute approximate surface area is 231 Å². The molecule has 1 aromatic heterocycles. The second-order valence-electron chi connectivity index (χ2n) is 8.17. The number of aromatic nitrogens is 1. The molecule has 4 rings (SSSR count). The number of nitrogens with two attached hydrogens (primary N) is 1. The number of carboxylic acid groups (broad SMARTS) is 1. The highest BCUT2D eigenvalue weighted by Gasteiger charge is 2.54. The first kappa shape index (κ1) is 28.3. The molecule has 208 valence electrons. The molecule has 3 heterocycles. The van der Waals surface area contributed by atoms with E-state index in [1.54, 1.807) is 0 Å². The number of carbonyl (C=O) groups is 3. The summed E-state index contributed by atoms with van der Waals surface area (Å²) in [6.07, 6.45) is 0.0221. The van der Waals surface area contributed by atoms with Crippen molar-refractivity contribution in [2.24, 2.45) is 5.16 Å². The molecule has 2 amide bonds. The predicted molar refractivity (Wildman–Crippen MR) is 143 cm³/mol. The lowest BCUT2D eigenvalue weighted by molar-refractivity contribution is -0.150. The first-order valence-corrected chi connectivity index (χ1v) is 14.6. The fourth-order valence-corrected chi connectivity index (χ4v) is 6.80. The molecule has 0 unspecified atom stereocenters. The lowest BCUT2D eigenvalue weighted by atomic mass is 9.98. The Morgan fingerprint density at radius 3 is 2.67 bits per heavy atom. The molecule has 1 fully saturated rings. The Bertz CT molecular complexity index is 1500. The third kappa shape index (κ3) is 5.42. The van der Waals surface area contributed by atoms with Gasteiger partial charge in [0.25, 0.3) is 11.8 Å². The smallest absolute Gasteiger partial charge is 0.352 e. The summed E-state index contributed by atoms with van der Waals surface area (Å²) in [6.45, 7) is 0. The third-order valence-corrected chi connectivity index (χ3v) is 9.36. The minimum absolute atomic E-state index is 0.0159. The lowest BCUT2D eigenvalue weighted by Gasteiger charge is -2.49. The Hall–Kier alpha value is -3.67. The number of nitrogens with one attached hydrogen (secondary N) is 2. The molecule has 1 aromatic carbocycles. The van der Waals surface area contributed by atoms with Crippen molar-refractivity contribution >= 4 is 61.7 Å². The van der Waals surface area contributed by atoms with Crippen molar-refractivity contribution in [3.05, 3.63) is 46.1 Å². The van der Waals surface area contributed by atoms with Gasteiger partial charge in [-0.1, -0.05) is 5.16 Å². The summed E-state index contributed by atoms with van der Waals surface area (Å²) in [5.41, 5.74) is 6.22. The van der Waals surface area contributed by atoms with Crippen LogP contribution in [-0.2, 0) is 35.7 Å². The summed E-state index contributed by atoms with van der Waals surface area (Å²) < 4.78 is 32.2. The maximum Gasteiger partial charge on any atom is 0.352 e. The summed E-state index contributed by atoms with van der Waals surface area (Å²) >= 11 is 2.36. The first-order chi connectivity index (χ1) is 18.5. The van der Waals surface area contributed by atoms with Gasteiger partial charge in [-0.2, -0.15) is 0 Å². The van der Waals surface area contributed by atoms with E-state index in [0.717, 1.165) is 16.2 Å². The number of aliphatic carboxylic acids is 1. The van der Waals surface area contributed by atoms with E-state index in [0.29, 0.717) is 16.9 Å². The maximum atomic E-state index is 13.1. The third-order valence-electron chi connectivity index (χ3n) is 5.93. The zero-order valence-corrected chi connectivity index (χ0v) is 23.3. The molecule has 39 heavy (non-hydrogen) atoms. The Morgan fingerprint density at radius 1 is 1.33 bits per heavy atom. The van der Waals surface area contributed by atoms with Gasteiger partial charge in [-0.05, 0) is 36.4 Å². The second-order valence-corrected chi connectivity index (χ2v) is 12.1. The van der Waals surface area contributed by atoms with Crippen LogP contribution < -0.4 is 20.5 Å². The SMILES string of the molecule is CNS(=O)(=O)c1ccc(OC)c(CC2=C(C(=O)O)N3C(=O)[C@@H](NC(=O)C(=NOC)c4csc(N)n4)[C@H]3SC2)c1. The van der Waals surface area contributed by atoms with Gasteiger partial charge in [-0.25, -0.2) is 22.9 Å². The van der Waals surface area contributed by atoms with Crippen LogP contribution in [-0.4, -0.2) is 85.3 Å². The van der Waals surface area contributed by atoms with Gasteiger partial charge in [0.1, 0.15) is 35.7 Å². The molecule has 0 bridgehead atoms. The average molecular weight is 597 g/mol. The number of hydrogen-bond acceptors (Lipinski definition) is 12. The van der Waals surface area contributed by atoms with E-state index in [-0.39, 0.29) is 39.3 Å². The minimum Gasteiger partial charge on any atom is -0.496 e. The van der Waals surface area contributed by atoms with Crippen LogP contribution in [0.2, 0.25) is 0 Å². The van der Waals surface area contributed by atoms with E-state index < -0.39 is 39.2 Å². The van der Waals surface area contributed by atoms with Gasteiger partial charge in [0.2, 0.25) is 10.0 Å². The molecule has 2 aliphatic rings. The van der Waals surface area contributed by atoms with Crippen molar-refractivity contribution in [2.45, 2.75) is 22.7 Å². The van der Waals surface area contributed by atoms with E-state index in [1.165, 1.54) is 56.6 Å². The normalized spacial score (nSPS) is 19.3. The van der Waals surface area contributed by atoms with E-state index >= 15 is 0 Å². The van der Waals surface area contributed by atoms with Crippen LogP contribution in [0.4, 0.5) is 5.13 Å². The van der Waals surface area contributed by atoms with E-state index in [2.05, 4.69) is 20.2 Å². The number of carboxylic acids is 1. The largest absolute Gasteiger partial charge is 0.496 e. The summed E-state index contributed by atoms with van der Waals surface area (Å²) in [6, 6.07) is 3.24. The van der Waals surface area contributed by atoms with Crippen LogP contribution in [0.15, 0.2) is 44.9 Å². The van der Waals surface area contributed by atoms with Gasteiger partial charge >= 0.3 is 5.97 Å². The fraction of sp³-hybridized carbons (Fsp3) is 0.318. The molecule has 0 spiro atoms. The number of anilines is 1. The molecule has 0 aliphatic carbocycles. The number of carbonyl (C=O) groups excluding carboxylic acids is 2. The Balaban J connectivity index is 1.60. The van der Waals surface area contributed by atoms with Gasteiger partial charge < -0.3 is 25.7 Å². The minimum atomic E-state index is -3.76. The van der Waals surface area contributed by atoms with Gasteiger partial charge in [-0.3, -0.25) is 14.5 Å². The number of amides is 2. The van der Waals surface area contributed by atoms with Gasteiger partial charge in [0.05, 0.1) is 12.0 Å². The quantitative estimate of drug-likeness (QED) is 0.163. The maximum absolute atomic E-state index is 13.1. The highest BCUT2D eigenvalue weighted by molar-refractivity contribution is 8.00. The zero-order valence-electron chi connectivity index (χ0n) is 20.8. The van der Waals surface area contributed by atoms with Crippen molar-refractivity contribution in [3.63, 3.8) is 0 Å². The van der Waals surface area contributed by atoms with Gasteiger partial charge in [0.15, 0.2) is 10.8 Å². The van der Waals surface area contributed by atoms with Crippen molar-refractivity contribution in [3.8, 4) is 5.75 Å². The Kier molecular flexibility index (Phi) is 8.15. The summed E-state index contributed by atoms with van der Waals surface area (Å²) in [5, 5.41) is 17.3. The van der Waals surface area contributed by atoms with Crippen LogP contribution in [0.5, 0.6) is 5.75 Å². The molecular formula is C22H24N6O8S3. The number of thiazole rings is 1. The zero-order chi connectivity index (χ0) is 28.5. The van der Waals surface area contributed by atoms with Crippen molar-refractivity contribution in [1.82, 2.24) is 19.9 Å². The van der Waals surface area contributed by atoms with Crippen LogP contribution in [0.1, 0.15) is 11.3 Å². The number of sulfonamides is 1. The number of rotatable bonds is 10. The Morgan fingerprint density at radius 2 is 2.08 bits per heavy atom. The number of benzene rings is 1. The van der Waals surface area contributed by atoms with Crippen molar-refractivity contribution in [2.75, 3.05) is 32.8 Å². The van der Waals surface area contributed by atoms with Crippen LogP contribution in [0, 0.1) is 0 Å². The molecule has 2 aliphatic heterocycles. The summed E-state index contributed by atoms with van der Waals surface area (Å²) in [4.78, 5) is 48.2. The molecule has 0 radical (unpaired) electrons. The second kappa shape index (κ2) is 11.2. The van der Waals surface area contributed by atoms with Crippen molar-refractivity contribution < 1.29 is 37.5 Å². The number of thioether (sulfide) groups is 1. The van der Waals surface area contributed by atoms with Crippen LogP contribution in [0.25, 0.3) is 0 Å². The number of nitrogen functional groups attached to an aromatic ring is 1. The standard InChI is InChI=1S/C22H24N6O8S3/c1-24-39(33,34)12-4-5-14(35-2)10(7-12)6-11-8-37-20-16(19(30)28(20)17(11)21(31)32)26-18(29)15(27-36-3)13-9-38-22(23)25-13/h4-5,7,9,16,20,24H,6,8H2,1-3H3,(H2,23,25)(H,26,29)(H,31,32)/t16-,20-/m1/s1. The number of nitrogens with zero attached hydrogens (tertiary/aromatic N) is 3. The fourth-order valence-electron chi connectivity index (χ4n) is 4.13. The highest BCUT2D eigenvalue weighted by Crippen LogP contribution is 2.42. The molecule has 14 nitrogen and oxygen atoms in total. The summed E-state index contributed by atoms with van der Waals surface area (Å²) in [7, 11) is 0.185. The first-order valence-electron chi connectivity index (χ1n) is 11.2. The van der Waals surface area contributed by atoms with E-state index in [9.17, 15) is 27.9 Å². The topological polar surface area (TPSA) is 203 Å². The van der Waals surface area contributed by atoms with Crippen molar-refractivity contribution in [1.29, 1.82) is 0 Å².